The Morgan fingerprint density at radius 3 is 2.71 bits per heavy atom. The van der Waals surface area contributed by atoms with Crippen molar-refractivity contribution in [1.29, 1.82) is 5.26 Å². The Morgan fingerprint density at radius 2 is 2.14 bits per heavy atom. The van der Waals surface area contributed by atoms with Crippen LogP contribution in [0.25, 0.3) is 0 Å². The van der Waals surface area contributed by atoms with E-state index in [1.54, 1.807) is 18.2 Å². The molecule has 0 aliphatic carbocycles. The van der Waals surface area contributed by atoms with E-state index in [1.807, 2.05) is 13.8 Å². The highest BCUT2D eigenvalue weighted by Gasteiger charge is 2.21. The second-order valence-electron chi connectivity index (χ2n) is 5.17. The summed E-state index contributed by atoms with van der Waals surface area (Å²) in [5.41, 5.74) is -0.549. The summed E-state index contributed by atoms with van der Waals surface area (Å²) in [5.74, 6) is 0.528. The number of sulfone groups is 1. The smallest absolute Gasteiger partial charge is 0.175 e. The Morgan fingerprint density at radius 1 is 1.43 bits per heavy atom. The van der Waals surface area contributed by atoms with E-state index in [0.717, 1.165) is 6.54 Å². The third kappa shape index (κ3) is 5.74. The Hall–Kier alpha value is -1.58. The van der Waals surface area contributed by atoms with Crippen LogP contribution in [0.15, 0.2) is 29.2 Å². The third-order valence-corrected chi connectivity index (χ3v) is 4.25. The van der Waals surface area contributed by atoms with Crippen LogP contribution in [0, 0.1) is 11.3 Å². The predicted molar refractivity (Wildman–Crippen MR) is 82.0 cm³/mol. The summed E-state index contributed by atoms with van der Waals surface area (Å²) >= 11 is 0. The van der Waals surface area contributed by atoms with E-state index in [2.05, 4.69) is 11.4 Å². The average Bonchev–Trinajstić information content (AvgIpc) is 2.43. The van der Waals surface area contributed by atoms with E-state index >= 15 is 0 Å². The molecule has 21 heavy (non-hydrogen) atoms. The van der Waals surface area contributed by atoms with Gasteiger partial charge in [-0.1, -0.05) is 13.0 Å². The van der Waals surface area contributed by atoms with Gasteiger partial charge in [-0.3, -0.25) is 5.32 Å². The molecule has 116 valence electrons. The lowest BCUT2D eigenvalue weighted by Crippen LogP contribution is -2.40. The molecule has 0 amide bonds. The molecular formula is C15H22N2O3S. The van der Waals surface area contributed by atoms with E-state index in [1.165, 1.54) is 12.3 Å². The molecule has 0 aromatic heterocycles. The normalized spacial score (nSPS) is 14.2. The van der Waals surface area contributed by atoms with Crippen molar-refractivity contribution in [2.24, 2.45) is 0 Å². The minimum atomic E-state index is -3.22. The highest BCUT2D eigenvalue weighted by Crippen LogP contribution is 2.18. The molecule has 5 nitrogen and oxygen atoms in total. The van der Waals surface area contributed by atoms with E-state index in [0.29, 0.717) is 25.2 Å². The molecule has 0 bridgehead atoms. The summed E-state index contributed by atoms with van der Waals surface area (Å²) in [5, 5.41) is 12.3. The maximum atomic E-state index is 11.5. The molecule has 0 spiro atoms. The van der Waals surface area contributed by atoms with Crippen LogP contribution in [-0.4, -0.2) is 33.4 Å². The van der Waals surface area contributed by atoms with Crippen molar-refractivity contribution in [2.45, 2.75) is 37.1 Å². The maximum absolute atomic E-state index is 11.5. The first-order valence-corrected chi connectivity index (χ1v) is 8.79. The van der Waals surface area contributed by atoms with Crippen LogP contribution in [0.4, 0.5) is 0 Å². The van der Waals surface area contributed by atoms with Gasteiger partial charge < -0.3 is 4.74 Å². The average molecular weight is 310 g/mol. The standard InChI is InChI=1S/C15H22N2O3S/c1-4-17-15(2,12-16)9-6-10-20-13-7-5-8-14(11-13)21(3,18)19/h5,7-8,11,17H,4,6,9-10H2,1-3H3. The van der Waals surface area contributed by atoms with Gasteiger partial charge in [0.2, 0.25) is 0 Å². The van der Waals surface area contributed by atoms with Gasteiger partial charge in [-0.05, 0) is 44.5 Å². The van der Waals surface area contributed by atoms with Gasteiger partial charge in [-0.2, -0.15) is 5.26 Å². The maximum Gasteiger partial charge on any atom is 0.175 e. The van der Waals surface area contributed by atoms with Gasteiger partial charge in [0.05, 0.1) is 17.6 Å². The summed E-state index contributed by atoms with van der Waals surface area (Å²) in [6.07, 6.45) is 2.55. The van der Waals surface area contributed by atoms with Gasteiger partial charge in [0.25, 0.3) is 0 Å². The summed E-state index contributed by atoms with van der Waals surface area (Å²) in [6.45, 7) is 5.00. The summed E-state index contributed by atoms with van der Waals surface area (Å²) in [4.78, 5) is 0.245. The molecule has 1 aromatic rings. The molecule has 1 N–H and O–H groups in total. The number of hydrogen-bond acceptors (Lipinski definition) is 5. The van der Waals surface area contributed by atoms with E-state index in [9.17, 15) is 8.42 Å². The molecule has 0 fully saturated rings. The van der Waals surface area contributed by atoms with Gasteiger partial charge in [-0.15, -0.1) is 0 Å². The Labute approximate surface area is 126 Å². The van der Waals surface area contributed by atoms with Crippen LogP contribution in [0.3, 0.4) is 0 Å². The van der Waals surface area contributed by atoms with Crippen molar-refractivity contribution in [2.75, 3.05) is 19.4 Å². The second-order valence-corrected chi connectivity index (χ2v) is 7.19. The number of hydrogen-bond donors (Lipinski definition) is 1. The first-order chi connectivity index (χ1) is 9.80. The Bertz CT molecular complexity index is 608. The minimum absolute atomic E-state index is 0.245. The summed E-state index contributed by atoms with van der Waals surface area (Å²) in [7, 11) is -3.22. The fourth-order valence-electron chi connectivity index (χ4n) is 1.98. The molecule has 1 unspecified atom stereocenters. The molecule has 1 atom stereocenters. The van der Waals surface area contributed by atoms with Crippen molar-refractivity contribution in [1.82, 2.24) is 5.32 Å². The topological polar surface area (TPSA) is 79.2 Å². The highest BCUT2D eigenvalue weighted by atomic mass is 32.2. The number of ether oxygens (including phenoxy) is 1. The first-order valence-electron chi connectivity index (χ1n) is 6.90. The number of nitriles is 1. The van der Waals surface area contributed by atoms with Crippen LogP contribution in [0.1, 0.15) is 26.7 Å². The van der Waals surface area contributed by atoms with Crippen molar-refractivity contribution in [3.05, 3.63) is 24.3 Å². The molecule has 0 heterocycles. The van der Waals surface area contributed by atoms with Gasteiger partial charge in [0, 0.05) is 6.26 Å². The number of rotatable bonds is 8. The van der Waals surface area contributed by atoms with E-state index in [4.69, 9.17) is 10.00 Å². The quantitative estimate of drug-likeness (QED) is 0.744. The summed E-state index contributed by atoms with van der Waals surface area (Å²) in [6, 6.07) is 8.70. The van der Waals surface area contributed by atoms with Crippen LogP contribution < -0.4 is 10.1 Å². The lowest BCUT2D eigenvalue weighted by atomic mass is 9.98. The Kier molecular flexibility index (Phi) is 6.19. The zero-order chi connectivity index (χ0) is 15.9. The molecule has 6 heteroatoms. The van der Waals surface area contributed by atoms with Crippen LogP contribution in [0.5, 0.6) is 5.75 Å². The fourth-order valence-corrected chi connectivity index (χ4v) is 2.64. The lowest BCUT2D eigenvalue weighted by Gasteiger charge is -2.22. The molecule has 0 radical (unpaired) electrons. The zero-order valence-electron chi connectivity index (χ0n) is 12.7. The SMILES string of the molecule is CCNC(C)(C#N)CCCOc1cccc(S(C)(=O)=O)c1. The lowest BCUT2D eigenvalue weighted by molar-refractivity contribution is 0.286. The van der Waals surface area contributed by atoms with Crippen molar-refractivity contribution in [3.8, 4) is 11.8 Å². The van der Waals surface area contributed by atoms with Crippen molar-refractivity contribution >= 4 is 9.84 Å². The summed E-state index contributed by atoms with van der Waals surface area (Å²) < 4.78 is 28.5. The molecule has 0 saturated carbocycles. The third-order valence-electron chi connectivity index (χ3n) is 3.14. The molecule has 0 aliphatic heterocycles. The minimum Gasteiger partial charge on any atom is -0.494 e. The molecule has 0 saturated heterocycles. The van der Waals surface area contributed by atoms with Crippen LogP contribution in [-0.2, 0) is 9.84 Å². The van der Waals surface area contributed by atoms with Gasteiger partial charge in [0.15, 0.2) is 9.84 Å². The van der Waals surface area contributed by atoms with Gasteiger partial charge in [-0.25, -0.2) is 8.42 Å². The zero-order valence-corrected chi connectivity index (χ0v) is 13.5. The molecule has 0 aliphatic rings. The highest BCUT2D eigenvalue weighted by molar-refractivity contribution is 7.90. The van der Waals surface area contributed by atoms with E-state index in [-0.39, 0.29) is 4.90 Å². The predicted octanol–water partition coefficient (Wildman–Crippen LogP) is 2.14. The second kappa shape index (κ2) is 7.43. The van der Waals surface area contributed by atoms with Crippen molar-refractivity contribution < 1.29 is 13.2 Å². The van der Waals surface area contributed by atoms with E-state index < -0.39 is 15.4 Å². The molecular weight excluding hydrogens is 288 g/mol. The molecule has 1 rings (SSSR count). The van der Waals surface area contributed by atoms with Crippen LogP contribution in [0.2, 0.25) is 0 Å². The largest absolute Gasteiger partial charge is 0.494 e. The number of nitrogens with zero attached hydrogens (tertiary/aromatic N) is 1. The number of benzene rings is 1. The van der Waals surface area contributed by atoms with Crippen molar-refractivity contribution in [3.63, 3.8) is 0 Å². The number of nitrogens with one attached hydrogen (secondary N) is 1. The van der Waals surface area contributed by atoms with Gasteiger partial charge >= 0.3 is 0 Å². The fraction of sp³-hybridized carbons (Fsp3) is 0.533. The Balaban J connectivity index is 2.52. The van der Waals surface area contributed by atoms with Gasteiger partial charge in [0.1, 0.15) is 11.3 Å². The first kappa shape index (κ1) is 17.5. The van der Waals surface area contributed by atoms with Crippen LogP contribution >= 0.6 is 0 Å². The molecule has 1 aromatic carbocycles. The monoisotopic (exact) mass is 310 g/mol.